The molecule has 2 nitrogen and oxygen atoms in total. The smallest absolute Gasteiger partial charge is 0.105 e. The molecule has 0 aliphatic rings. The van der Waals surface area contributed by atoms with Gasteiger partial charge in [0.05, 0.1) is 0 Å². The van der Waals surface area contributed by atoms with Crippen molar-refractivity contribution in [1.82, 2.24) is 0 Å². The highest BCUT2D eigenvalue weighted by Crippen LogP contribution is 2.04. The van der Waals surface area contributed by atoms with Gasteiger partial charge in [-0.3, -0.25) is 4.99 Å². The number of aliphatic imine (C=N–C) groups is 1. The molecule has 0 rings (SSSR count). The number of nitrogens with zero attached hydrogens (tertiary/aromatic N) is 1. The molecule has 9 heavy (non-hydrogen) atoms. The largest absolute Gasteiger partial charge is 0.402 e. The Hall–Kier alpha value is -0.570. The minimum Gasteiger partial charge on any atom is -0.402 e. The van der Waals surface area contributed by atoms with Crippen LogP contribution in [0.25, 0.3) is 0 Å². The molecule has 0 aromatic carbocycles. The molecular weight excluding hydrogens is 180 g/mol. The third-order valence-electron chi connectivity index (χ3n) is 0.635. The monoisotopic (exact) mass is 188 g/mol. The van der Waals surface area contributed by atoms with E-state index in [1.807, 2.05) is 0 Å². The fourth-order valence-electron chi connectivity index (χ4n) is 0.253. The minimum atomic E-state index is 0.687. The molecule has 0 saturated carbocycles. The number of halogens is 1. The van der Waals surface area contributed by atoms with Crippen molar-refractivity contribution in [3.05, 3.63) is 22.5 Å². The van der Waals surface area contributed by atoms with Gasteiger partial charge in [-0.25, -0.2) is 0 Å². The molecular formula is C6H9BrN2. The third kappa shape index (κ3) is 5.30. The number of nitrogens with two attached hydrogens (primary N) is 1. The molecule has 2 N–H and O–H groups in total. The Morgan fingerprint density at radius 2 is 2.22 bits per heavy atom. The normalized spacial score (nSPS) is 13.6. The molecule has 0 aromatic rings. The van der Waals surface area contributed by atoms with Crippen LogP contribution in [0, 0.1) is 0 Å². The molecule has 0 amide bonds. The standard InChI is InChI=1S/C6H9BrN2/c1-5(8)3-4-6(7)9-2/h3-4H,2,8H2,1H3/b5-3+,6-4-. The molecule has 3 heteroatoms. The van der Waals surface area contributed by atoms with Crippen LogP contribution in [-0.4, -0.2) is 6.72 Å². The van der Waals surface area contributed by atoms with Crippen molar-refractivity contribution < 1.29 is 0 Å². The van der Waals surface area contributed by atoms with Gasteiger partial charge in [0.25, 0.3) is 0 Å². The molecule has 0 bridgehead atoms. The predicted octanol–water partition coefficient (Wildman–Crippen LogP) is 1.79. The van der Waals surface area contributed by atoms with Crippen LogP contribution < -0.4 is 5.73 Å². The minimum absolute atomic E-state index is 0.687. The summed E-state index contributed by atoms with van der Waals surface area (Å²) in [5.41, 5.74) is 6.07. The zero-order valence-electron chi connectivity index (χ0n) is 5.26. The number of rotatable bonds is 2. The van der Waals surface area contributed by atoms with E-state index in [0.29, 0.717) is 4.61 Å². The lowest BCUT2D eigenvalue weighted by atomic mass is 10.4. The fraction of sp³-hybridized carbons (Fsp3) is 0.167. The maximum absolute atomic E-state index is 5.33. The molecule has 0 spiro atoms. The van der Waals surface area contributed by atoms with Gasteiger partial charge in [0.2, 0.25) is 0 Å². The van der Waals surface area contributed by atoms with E-state index in [9.17, 15) is 0 Å². The summed E-state index contributed by atoms with van der Waals surface area (Å²) in [6.07, 6.45) is 3.49. The van der Waals surface area contributed by atoms with E-state index in [1.165, 1.54) is 0 Å². The van der Waals surface area contributed by atoms with Crippen molar-refractivity contribution in [1.29, 1.82) is 0 Å². The summed E-state index contributed by atoms with van der Waals surface area (Å²) in [6.45, 7) is 5.11. The summed E-state index contributed by atoms with van der Waals surface area (Å²) in [5.74, 6) is 0. The van der Waals surface area contributed by atoms with E-state index in [4.69, 9.17) is 5.73 Å². The Bertz CT molecular complexity index is 154. The van der Waals surface area contributed by atoms with Gasteiger partial charge >= 0.3 is 0 Å². The van der Waals surface area contributed by atoms with Crippen LogP contribution in [-0.2, 0) is 0 Å². The van der Waals surface area contributed by atoms with Crippen LogP contribution in [0.3, 0.4) is 0 Å². The van der Waals surface area contributed by atoms with Crippen molar-refractivity contribution in [2.75, 3.05) is 0 Å². The van der Waals surface area contributed by atoms with E-state index in [2.05, 4.69) is 27.6 Å². The Balaban J connectivity index is 3.98. The second-order valence-corrected chi connectivity index (χ2v) is 2.37. The lowest BCUT2D eigenvalue weighted by Gasteiger charge is -1.84. The van der Waals surface area contributed by atoms with Crippen LogP contribution in [0.1, 0.15) is 6.92 Å². The molecule has 0 saturated heterocycles. The van der Waals surface area contributed by atoms with Gasteiger partial charge in [-0.05, 0) is 41.7 Å². The first-order valence-electron chi connectivity index (χ1n) is 2.43. The van der Waals surface area contributed by atoms with Crippen molar-refractivity contribution in [3.63, 3.8) is 0 Å². The predicted molar refractivity (Wildman–Crippen MR) is 44.5 cm³/mol. The quantitative estimate of drug-likeness (QED) is 0.401. The van der Waals surface area contributed by atoms with Gasteiger partial charge in [-0.2, -0.15) is 0 Å². The summed E-state index contributed by atoms with van der Waals surface area (Å²) in [6, 6.07) is 0. The van der Waals surface area contributed by atoms with E-state index < -0.39 is 0 Å². The highest BCUT2D eigenvalue weighted by molar-refractivity contribution is 9.11. The molecule has 0 heterocycles. The average molecular weight is 189 g/mol. The highest BCUT2D eigenvalue weighted by Gasteiger charge is 1.78. The molecule has 0 aliphatic heterocycles. The van der Waals surface area contributed by atoms with Crippen LogP contribution in [0.4, 0.5) is 0 Å². The second-order valence-electron chi connectivity index (χ2n) is 1.56. The summed E-state index contributed by atoms with van der Waals surface area (Å²) in [7, 11) is 0. The Labute approximate surface area is 63.3 Å². The summed E-state index contributed by atoms with van der Waals surface area (Å²) in [5, 5.41) is 0. The van der Waals surface area contributed by atoms with Crippen LogP contribution >= 0.6 is 15.9 Å². The number of hydrogen-bond donors (Lipinski definition) is 1. The third-order valence-corrected chi connectivity index (χ3v) is 1.15. The van der Waals surface area contributed by atoms with Crippen LogP contribution in [0.15, 0.2) is 27.4 Å². The zero-order chi connectivity index (χ0) is 7.28. The molecule has 0 aliphatic carbocycles. The summed E-state index contributed by atoms with van der Waals surface area (Å²) < 4.78 is 0.687. The van der Waals surface area contributed by atoms with Crippen molar-refractivity contribution in [3.8, 4) is 0 Å². The average Bonchev–Trinajstić information content (AvgIpc) is 1.83. The van der Waals surface area contributed by atoms with E-state index in [-0.39, 0.29) is 0 Å². The second kappa shape index (κ2) is 4.32. The van der Waals surface area contributed by atoms with Gasteiger partial charge in [-0.1, -0.05) is 0 Å². The number of hydrogen-bond acceptors (Lipinski definition) is 2. The van der Waals surface area contributed by atoms with Gasteiger partial charge in [-0.15, -0.1) is 0 Å². The Morgan fingerprint density at radius 1 is 1.67 bits per heavy atom. The van der Waals surface area contributed by atoms with Crippen molar-refractivity contribution in [2.45, 2.75) is 6.92 Å². The lowest BCUT2D eigenvalue weighted by Crippen LogP contribution is -1.87. The van der Waals surface area contributed by atoms with Crippen molar-refractivity contribution in [2.24, 2.45) is 10.7 Å². The molecule has 0 fully saturated rings. The molecule has 0 unspecified atom stereocenters. The van der Waals surface area contributed by atoms with Crippen molar-refractivity contribution >= 4 is 22.6 Å². The van der Waals surface area contributed by atoms with E-state index in [0.717, 1.165) is 5.70 Å². The highest BCUT2D eigenvalue weighted by atomic mass is 79.9. The van der Waals surface area contributed by atoms with Gasteiger partial charge in [0.1, 0.15) is 4.61 Å². The first kappa shape index (κ1) is 8.43. The van der Waals surface area contributed by atoms with Gasteiger partial charge in [0, 0.05) is 5.70 Å². The molecule has 0 aromatic heterocycles. The molecule has 0 radical (unpaired) electrons. The molecule has 0 atom stereocenters. The van der Waals surface area contributed by atoms with Crippen LogP contribution in [0.5, 0.6) is 0 Å². The van der Waals surface area contributed by atoms with Crippen LogP contribution in [0.2, 0.25) is 0 Å². The van der Waals surface area contributed by atoms with Gasteiger partial charge in [0.15, 0.2) is 0 Å². The Morgan fingerprint density at radius 3 is 2.56 bits per heavy atom. The SMILES string of the molecule is C=N/C(Br)=C\C=C(/C)N. The maximum Gasteiger partial charge on any atom is 0.105 e. The first-order valence-corrected chi connectivity index (χ1v) is 3.22. The Kier molecular flexibility index (Phi) is 4.05. The zero-order valence-corrected chi connectivity index (χ0v) is 6.85. The maximum atomic E-state index is 5.33. The van der Waals surface area contributed by atoms with E-state index >= 15 is 0 Å². The first-order chi connectivity index (χ1) is 4.16. The topological polar surface area (TPSA) is 38.4 Å². The number of allylic oxidation sites excluding steroid dienone is 3. The lowest BCUT2D eigenvalue weighted by molar-refractivity contribution is 1.31. The summed E-state index contributed by atoms with van der Waals surface area (Å²) >= 11 is 3.14. The van der Waals surface area contributed by atoms with Gasteiger partial charge < -0.3 is 5.73 Å². The van der Waals surface area contributed by atoms with E-state index in [1.54, 1.807) is 19.1 Å². The molecule has 50 valence electrons. The summed E-state index contributed by atoms with van der Waals surface area (Å²) in [4.78, 5) is 3.59. The fourth-order valence-corrected chi connectivity index (χ4v) is 0.385.